The maximum absolute atomic E-state index is 12.1. The number of amides is 1. The average molecular weight is 252 g/mol. The Hall–Kier alpha value is -1.02. The van der Waals surface area contributed by atoms with Gasteiger partial charge in [0.2, 0.25) is 5.91 Å². The summed E-state index contributed by atoms with van der Waals surface area (Å²) in [5.41, 5.74) is 1.08. The van der Waals surface area contributed by atoms with Crippen LogP contribution in [0.2, 0.25) is 5.02 Å². The third-order valence-corrected chi connectivity index (χ3v) is 3.92. The molecule has 0 spiro atoms. The number of benzene rings is 1. The maximum Gasteiger partial charge on any atom is 0.226 e. The first-order chi connectivity index (χ1) is 8.00. The zero-order chi connectivity index (χ0) is 12.6. The van der Waals surface area contributed by atoms with E-state index in [0.717, 1.165) is 17.0 Å². The molecule has 92 valence electrons. The van der Waals surface area contributed by atoms with Gasteiger partial charge in [0.25, 0.3) is 0 Å². The van der Waals surface area contributed by atoms with Gasteiger partial charge in [-0.05, 0) is 37.0 Å². The van der Waals surface area contributed by atoms with Gasteiger partial charge in [-0.15, -0.1) is 0 Å². The van der Waals surface area contributed by atoms with Crippen LogP contribution in [0.3, 0.4) is 0 Å². The second kappa shape index (κ2) is 4.69. The summed E-state index contributed by atoms with van der Waals surface area (Å²) in [4.78, 5) is 13.9. The first kappa shape index (κ1) is 12.4. The molecule has 0 heterocycles. The van der Waals surface area contributed by atoms with Crippen molar-refractivity contribution in [2.24, 2.45) is 11.8 Å². The van der Waals surface area contributed by atoms with Crippen LogP contribution >= 0.6 is 11.6 Å². The highest BCUT2D eigenvalue weighted by molar-refractivity contribution is 6.30. The third-order valence-electron chi connectivity index (χ3n) is 3.69. The molecule has 0 aliphatic heterocycles. The van der Waals surface area contributed by atoms with E-state index >= 15 is 0 Å². The Bertz CT molecular complexity index is 432. The summed E-state index contributed by atoms with van der Waals surface area (Å²) in [5.74, 6) is 1.04. The van der Waals surface area contributed by atoms with Gasteiger partial charge in [-0.1, -0.05) is 30.7 Å². The third kappa shape index (κ3) is 2.63. The fraction of sp³-hybridized carbons (Fsp3) is 0.500. The zero-order valence-electron chi connectivity index (χ0n) is 10.5. The smallest absolute Gasteiger partial charge is 0.226 e. The fourth-order valence-electron chi connectivity index (χ4n) is 2.11. The van der Waals surface area contributed by atoms with Gasteiger partial charge in [0, 0.05) is 18.0 Å². The molecule has 3 unspecified atom stereocenters. The molecule has 3 atom stereocenters. The average Bonchev–Trinajstić information content (AvgIpc) is 3.03. The molecule has 2 rings (SSSR count). The van der Waals surface area contributed by atoms with E-state index in [4.69, 9.17) is 11.6 Å². The Kier molecular flexibility index (Phi) is 3.43. The Morgan fingerprint density at radius 3 is 2.71 bits per heavy atom. The molecular formula is C14H18ClNO. The summed E-state index contributed by atoms with van der Waals surface area (Å²) < 4.78 is 0. The highest BCUT2D eigenvalue weighted by Crippen LogP contribution is 2.40. The Labute approximate surface area is 108 Å². The molecule has 1 aliphatic carbocycles. The SMILES string of the molecule is CC1CC1C(=O)N(C)C(C)c1cccc(Cl)c1. The van der Waals surface area contributed by atoms with E-state index in [1.54, 1.807) is 0 Å². The van der Waals surface area contributed by atoms with Crippen molar-refractivity contribution < 1.29 is 4.79 Å². The highest BCUT2D eigenvalue weighted by atomic mass is 35.5. The Morgan fingerprint density at radius 1 is 1.53 bits per heavy atom. The standard InChI is InChI=1S/C14H18ClNO/c1-9-7-13(9)14(17)16(3)10(2)11-5-4-6-12(15)8-11/h4-6,8-10,13H,7H2,1-3H3. The van der Waals surface area contributed by atoms with Crippen molar-refractivity contribution in [2.75, 3.05) is 7.05 Å². The minimum Gasteiger partial charge on any atom is -0.339 e. The molecular weight excluding hydrogens is 234 g/mol. The molecule has 0 N–H and O–H groups in total. The molecule has 1 saturated carbocycles. The van der Waals surface area contributed by atoms with E-state index in [1.165, 1.54) is 0 Å². The van der Waals surface area contributed by atoms with Gasteiger partial charge in [-0.25, -0.2) is 0 Å². The fourth-order valence-corrected chi connectivity index (χ4v) is 2.31. The number of halogens is 1. The second-order valence-corrected chi connectivity index (χ2v) is 5.44. The summed E-state index contributed by atoms with van der Waals surface area (Å²) in [6.07, 6.45) is 1.03. The molecule has 0 bridgehead atoms. The molecule has 1 amide bonds. The molecule has 0 radical (unpaired) electrons. The van der Waals surface area contributed by atoms with E-state index in [-0.39, 0.29) is 17.9 Å². The lowest BCUT2D eigenvalue weighted by atomic mass is 10.1. The van der Waals surface area contributed by atoms with Crippen LogP contribution in [0, 0.1) is 11.8 Å². The van der Waals surface area contributed by atoms with Crippen molar-refractivity contribution in [3.63, 3.8) is 0 Å². The van der Waals surface area contributed by atoms with E-state index in [2.05, 4.69) is 6.92 Å². The number of carbonyl (C=O) groups excluding carboxylic acids is 1. The van der Waals surface area contributed by atoms with Crippen LogP contribution in [0.1, 0.15) is 31.9 Å². The summed E-state index contributed by atoms with van der Waals surface area (Å²) in [6, 6.07) is 7.78. The number of hydrogen-bond donors (Lipinski definition) is 0. The quantitative estimate of drug-likeness (QED) is 0.805. The van der Waals surface area contributed by atoms with Crippen LogP contribution in [-0.2, 0) is 4.79 Å². The predicted molar refractivity (Wildman–Crippen MR) is 69.9 cm³/mol. The maximum atomic E-state index is 12.1. The number of rotatable bonds is 3. The Balaban J connectivity index is 2.09. The molecule has 1 aromatic rings. The minimum atomic E-state index is 0.0778. The van der Waals surface area contributed by atoms with Crippen LogP contribution in [0.5, 0.6) is 0 Å². The lowest BCUT2D eigenvalue weighted by Gasteiger charge is -2.25. The summed E-state index contributed by atoms with van der Waals surface area (Å²) in [5, 5.41) is 0.718. The van der Waals surface area contributed by atoms with Gasteiger partial charge in [-0.3, -0.25) is 4.79 Å². The monoisotopic (exact) mass is 251 g/mol. The normalized spacial score (nSPS) is 24.2. The predicted octanol–water partition coefficient (Wildman–Crippen LogP) is 3.52. The van der Waals surface area contributed by atoms with E-state index < -0.39 is 0 Å². The summed E-state index contributed by atoms with van der Waals surface area (Å²) in [7, 11) is 1.87. The van der Waals surface area contributed by atoms with Crippen molar-refractivity contribution in [1.29, 1.82) is 0 Å². The van der Waals surface area contributed by atoms with Crippen LogP contribution in [0.4, 0.5) is 0 Å². The second-order valence-electron chi connectivity index (χ2n) is 5.00. The van der Waals surface area contributed by atoms with Gasteiger partial charge in [0.1, 0.15) is 0 Å². The Morgan fingerprint density at radius 2 is 2.18 bits per heavy atom. The molecule has 1 aromatic carbocycles. The summed E-state index contributed by atoms with van der Waals surface area (Å²) in [6.45, 7) is 4.16. The van der Waals surface area contributed by atoms with E-state index in [9.17, 15) is 4.79 Å². The van der Waals surface area contributed by atoms with Crippen LogP contribution < -0.4 is 0 Å². The van der Waals surface area contributed by atoms with Gasteiger partial charge in [0.05, 0.1) is 6.04 Å². The van der Waals surface area contributed by atoms with Crippen molar-refractivity contribution in [3.05, 3.63) is 34.9 Å². The number of hydrogen-bond acceptors (Lipinski definition) is 1. The van der Waals surface area contributed by atoms with Crippen LogP contribution in [-0.4, -0.2) is 17.9 Å². The summed E-state index contributed by atoms with van der Waals surface area (Å²) >= 11 is 5.97. The van der Waals surface area contributed by atoms with Crippen LogP contribution in [0.15, 0.2) is 24.3 Å². The first-order valence-corrected chi connectivity index (χ1v) is 6.40. The molecule has 17 heavy (non-hydrogen) atoms. The first-order valence-electron chi connectivity index (χ1n) is 6.03. The van der Waals surface area contributed by atoms with Crippen molar-refractivity contribution in [3.8, 4) is 0 Å². The molecule has 1 aliphatic rings. The topological polar surface area (TPSA) is 20.3 Å². The molecule has 0 saturated heterocycles. The van der Waals surface area contributed by atoms with Crippen LogP contribution in [0.25, 0.3) is 0 Å². The molecule has 1 fully saturated rings. The zero-order valence-corrected chi connectivity index (χ0v) is 11.2. The van der Waals surface area contributed by atoms with Gasteiger partial charge in [-0.2, -0.15) is 0 Å². The molecule has 0 aromatic heterocycles. The van der Waals surface area contributed by atoms with Gasteiger partial charge >= 0.3 is 0 Å². The number of carbonyl (C=O) groups is 1. The largest absolute Gasteiger partial charge is 0.339 e. The minimum absolute atomic E-state index is 0.0778. The highest BCUT2D eigenvalue weighted by Gasteiger charge is 2.41. The molecule has 3 heteroatoms. The van der Waals surface area contributed by atoms with Gasteiger partial charge < -0.3 is 4.90 Å². The van der Waals surface area contributed by atoms with Crippen molar-refractivity contribution in [2.45, 2.75) is 26.3 Å². The lowest BCUT2D eigenvalue weighted by Crippen LogP contribution is -2.31. The van der Waals surface area contributed by atoms with E-state index in [0.29, 0.717) is 5.92 Å². The van der Waals surface area contributed by atoms with Crippen molar-refractivity contribution in [1.82, 2.24) is 4.90 Å². The molecule has 2 nitrogen and oxygen atoms in total. The van der Waals surface area contributed by atoms with Gasteiger partial charge in [0.15, 0.2) is 0 Å². The van der Waals surface area contributed by atoms with E-state index in [1.807, 2.05) is 43.1 Å². The number of nitrogens with zero attached hydrogens (tertiary/aromatic N) is 1. The lowest BCUT2D eigenvalue weighted by molar-refractivity contribution is -0.133. The van der Waals surface area contributed by atoms with Crippen molar-refractivity contribution >= 4 is 17.5 Å².